The minimum atomic E-state index is -0.912. The molecule has 1 fully saturated rings. The first-order chi connectivity index (χ1) is 8.61. The molecule has 4 atom stereocenters. The number of nitrogens with one attached hydrogen (secondary N) is 1. The average Bonchev–Trinajstić information content (AvgIpc) is 2.39. The molecule has 18 heavy (non-hydrogen) atoms. The zero-order valence-corrected chi connectivity index (χ0v) is 13.3. The van der Waals surface area contributed by atoms with Crippen molar-refractivity contribution in [2.24, 2.45) is 5.92 Å². The molecule has 1 N–H and O–H groups in total. The fraction of sp³-hybridized carbons (Fsp3) is 0.571. The lowest BCUT2D eigenvalue weighted by Gasteiger charge is -2.34. The molecule has 0 amide bonds. The monoisotopic (exact) mass is 329 g/mol. The zero-order valence-electron chi connectivity index (χ0n) is 10.9. The molecule has 0 spiro atoms. The van der Waals surface area contributed by atoms with Gasteiger partial charge in [0.25, 0.3) is 0 Å². The average molecular weight is 330 g/mol. The molecule has 1 aromatic rings. The molecule has 1 saturated carbocycles. The van der Waals surface area contributed by atoms with Gasteiger partial charge in [-0.1, -0.05) is 22.9 Å². The first-order valence-electron chi connectivity index (χ1n) is 6.45. The highest BCUT2D eigenvalue weighted by Crippen LogP contribution is 2.30. The quantitative estimate of drug-likeness (QED) is 0.921. The molecule has 4 unspecified atom stereocenters. The van der Waals surface area contributed by atoms with Crippen molar-refractivity contribution < 1.29 is 4.21 Å². The molecule has 0 saturated heterocycles. The highest BCUT2D eigenvalue weighted by atomic mass is 79.9. The molecule has 0 aliphatic heterocycles. The Kier molecular flexibility index (Phi) is 4.98. The van der Waals surface area contributed by atoms with Gasteiger partial charge < -0.3 is 5.32 Å². The van der Waals surface area contributed by atoms with Crippen molar-refractivity contribution in [1.29, 1.82) is 0 Å². The predicted octanol–water partition coefficient (Wildman–Crippen LogP) is 3.33. The first-order valence-corrected chi connectivity index (χ1v) is 8.46. The summed E-state index contributed by atoms with van der Waals surface area (Å²) >= 11 is 3.41. The Labute approximate surface area is 120 Å². The van der Waals surface area contributed by atoms with Gasteiger partial charge in [0, 0.05) is 15.4 Å². The van der Waals surface area contributed by atoms with Crippen molar-refractivity contribution in [3.8, 4) is 0 Å². The zero-order chi connectivity index (χ0) is 13.1. The van der Waals surface area contributed by atoms with Gasteiger partial charge >= 0.3 is 0 Å². The fourth-order valence-electron chi connectivity index (χ4n) is 2.64. The third-order valence-corrected chi connectivity index (χ3v) is 6.08. The summed E-state index contributed by atoms with van der Waals surface area (Å²) in [6.07, 6.45) is 3.42. The van der Waals surface area contributed by atoms with E-state index in [2.05, 4.69) is 28.2 Å². The van der Waals surface area contributed by atoms with Crippen LogP contribution in [0.3, 0.4) is 0 Å². The summed E-state index contributed by atoms with van der Waals surface area (Å²) in [5.41, 5.74) is 0. The van der Waals surface area contributed by atoms with Gasteiger partial charge in [0.05, 0.1) is 16.0 Å². The van der Waals surface area contributed by atoms with E-state index >= 15 is 0 Å². The molecule has 0 aromatic heterocycles. The van der Waals surface area contributed by atoms with E-state index in [1.165, 1.54) is 6.42 Å². The van der Waals surface area contributed by atoms with Crippen LogP contribution in [-0.4, -0.2) is 22.5 Å². The highest BCUT2D eigenvalue weighted by Gasteiger charge is 2.32. The van der Waals surface area contributed by atoms with E-state index in [9.17, 15) is 4.21 Å². The third-order valence-electron chi connectivity index (χ3n) is 3.75. The van der Waals surface area contributed by atoms with Crippen LogP contribution in [0.5, 0.6) is 0 Å². The van der Waals surface area contributed by atoms with Crippen LogP contribution in [0.1, 0.15) is 26.2 Å². The molecular weight excluding hydrogens is 310 g/mol. The summed E-state index contributed by atoms with van der Waals surface area (Å²) in [5, 5.41) is 3.57. The van der Waals surface area contributed by atoms with E-state index < -0.39 is 10.8 Å². The van der Waals surface area contributed by atoms with Gasteiger partial charge in [-0.15, -0.1) is 0 Å². The number of hydrogen-bond acceptors (Lipinski definition) is 2. The molecule has 0 heterocycles. The van der Waals surface area contributed by atoms with E-state index in [-0.39, 0.29) is 5.25 Å². The molecule has 1 aromatic carbocycles. The van der Waals surface area contributed by atoms with Crippen molar-refractivity contribution in [2.75, 3.05) is 7.05 Å². The van der Waals surface area contributed by atoms with Crippen LogP contribution in [0.25, 0.3) is 0 Å². The molecule has 4 heteroatoms. The lowest BCUT2D eigenvalue weighted by molar-refractivity contribution is 0.325. The Bertz CT molecular complexity index is 420. The summed E-state index contributed by atoms with van der Waals surface area (Å²) in [6, 6.07) is 8.24. The summed E-state index contributed by atoms with van der Waals surface area (Å²) in [5.74, 6) is 0.680. The van der Waals surface area contributed by atoms with E-state index in [1.807, 2.05) is 31.3 Å². The van der Waals surface area contributed by atoms with Gasteiger partial charge in [-0.25, -0.2) is 0 Å². The van der Waals surface area contributed by atoms with Gasteiger partial charge in [-0.2, -0.15) is 0 Å². The van der Waals surface area contributed by atoms with Gasteiger partial charge in [0.1, 0.15) is 0 Å². The van der Waals surface area contributed by atoms with Crippen LogP contribution in [0, 0.1) is 5.92 Å². The molecule has 2 rings (SSSR count). The number of hydrogen-bond donors (Lipinski definition) is 1. The second kappa shape index (κ2) is 6.31. The maximum atomic E-state index is 12.7. The van der Waals surface area contributed by atoms with Gasteiger partial charge in [-0.3, -0.25) is 4.21 Å². The number of benzene rings is 1. The van der Waals surface area contributed by atoms with Crippen LogP contribution < -0.4 is 5.32 Å². The van der Waals surface area contributed by atoms with E-state index in [0.717, 1.165) is 22.2 Å². The second-order valence-corrected chi connectivity index (χ2v) is 7.69. The molecular formula is C14H20BrNOS. The largest absolute Gasteiger partial charge is 0.316 e. The lowest BCUT2D eigenvalue weighted by Crippen LogP contribution is -2.44. The molecule has 1 aliphatic carbocycles. The summed E-state index contributed by atoms with van der Waals surface area (Å²) in [7, 11) is 1.07. The smallest absolute Gasteiger partial charge is 0.0576 e. The minimum Gasteiger partial charge on any atom is -0.316 e. The normalized spacial score (nSPS) is 30.1. The molecule has 2 nitrogen and oxygen atoms in total. The van der Waals surface area contributed by atoms with Crippen LogP contribution in [0.2, 0.25) is 0 Å². The molecule has 1 aliphatic rings. The Hall–Kier alpha value is -0.190. The van der Waals surface area contributed by atoms with Gasteiger partial charge in [0.15, 0.2) is 0 Å². The van der Waals surface area contributed by atoms with Crippen molar-refractivity contribution in [2.45, 2.75) is 42.4 Å². The number of halogens is 1. The summed E-state index contributed by atoms with van der Waals surface area (Å²) in [4.78, 5) is 0.942. The Morgan fingerprint density at radius 1 is 1.28 bits per heavy atom. The maximum absolute atomic E-state index is 12.7. The fourth-order valence-corrected chi connectivity index (χ4v) is 4.73. The van der Waals surface area contributed by atoms with Crippen molar-refractivity contribution >= 4 is 26.7 Å². The van der Waals surface area contributed by atoms with Gasteiger partial charge in [0.2, 0.25) is 0 Å². The highest BCUT2D eigenvalue weighted by molar-refractivity contribution is 9.10. The molecule has 100 valence electrons. The van der Waals surface area contributed by atoms with E-state index in [4.69, 9.17) is 0 Å². The Morgan fingerprint density at radius 3 is 2.56 bits per heavy atom. The summed E-state index contributed by atoms with van der Waals surface area (Å²) < 4.78 is 13.7. The Balaban J connectivity index is 2.17. The summed E-state index contributed by atoms with van der Waals surface area (Å²) in [6.45, 7) is 2.26. The van der Waals surface area contributed by atoms with Crippen LogP contribution in [0.15, 0.2) is 33.6 Å². The first kappa shape index (κ1) is 14.2. The topological polar surface area (TPSA) is 29.1 Å². The van der Waals surface area contributed by atoms with Crippen molar-refractivity contribution in [1.82, 2.24) is 5.32 Å². The van der Waals surface area contributed by atoms with E-state index in [1.54, 1.807) is 0 Å². The van der Waals surface area contributed by atoms with Crippen molar-refractivity contribution in [3.63, 3.8) is 0 Å². The van der Waals surface area contributed by atoms with E-state index in [0.29, 0.717) is 12.0 Å². The van der Waals surface area contributed by atoms with Crippen LogP contribution in [0.4, 0.5) is 0 Å². The maximum Gasteiger partial charge on any atom is 0.0576 e. The number of rotatable bonds is 3. The molecule has 0 radical (unpaired) electrons. The Morgan fingerprint density at radius 2 is 1.94 bits per heavy atom. The van der Waals surface area contributed by atoms with Crippen LogP contribution in [-0.2, 0) is 10.8 Å². The van der Waals surface area contributed by atoms with Crippen molar-refractivity contribution in [3.05, 3.63) is 28.7 Å². The molecule has 0 bridgehead atoms. The lowest BCUT2D eigenvalue weighted by atomic mass is 9.87. The minimum absolute atomic E-state index is 0.236. The SMILES string of the molecule is CNC1CCC(C)CC1S(=O)c1ccc(Br)cc1. The second-order valence-electron chi connectivity index (χ2n) is 5.10. The standard InChI is InChI=1S/C14H20BrNOS/c1-10-3-8-13(16-2)14(9-10)18(17)12-6-4-11(15)5-7-12/h4-7,10,13-14,16H,3,8-9H2,1-2H3. The van der Waals surface area contributed by atoms with Gasteiger partial charge in [-0.05, 0) is 56.5 Å². The predicted molar refractivity (Wildman–Crippen MR) is 80.2 cm³/mol. The van der Waals surface area contributed by atoms with Crippen LogP contribution >= 0.6 is 15.9 Å². The third kappa shape index (κ3) is 3.22.